The Morgan fingerprint density at radius 1 is 1.19 bits per heavy atom. The number of phenols is 1. The largest absolute Gasteiger partial charge is 0.507 e. The molecule has 1 heterocycles. The molecule has 1 aliphatic rings. The monoisotopic (exact) mass is 437 g/mol. The minimum absolute atomic E-state index is 0.173. The Morgan fingerprint density at radius 3 is 2.66 bits per heavy atom. The zero-order chi connectivity index (χ0) is 23.1. The number of likely N-dealkylation sites (tertiary alicyclic amines) is 1. The summed E-state index contributed by atoms with van der Waals surface area (Å²) in [7, 11) is 1.62. The summed E-state index contributed by atoms with van der Waals surface area (Å²) in [4.78, 5) is 15.6. The summed E-state index contributed by atoms with van der Waals surface area (Å²) in [5.41, 5.74) is 4.32. The highest BCUT2D eigenvalue weighted by Gasteiger charge is 2.30. The first-order valence-electron chi connectivity index (χ1n) is 12.3. The second-order valence-electron chi connectivity index (χ2n) is 9.03. The molecule has 4 nitrogen and oxygen atoms in total. The van der Waals surface area contributed by atoms with Gasteiger partial charge in [-0.3, -0.25) is 4.79 Å². The zero-order valence-electron chi connectivity index (χ0n) is 20.2. The predicted octanol–water partition coefficient (Wildman–Crippen LogP) is 6.09. The highest BCUT2D eigenvalue weighted by atomic mass is 16.5. The van der Waals surface area contributed by atoms with Crippen LogP contribution in [0.5, 0.6) is 11.5 Å². The fourth-order valence-corrected chi connectivity index (χ4v) is 5.15. The second kappa shape index (κ2) is 11.4. The number of benzene rings is 2. The van der Waals surface area contributed by atoms with E-state index in [2.05, 4.69) is 43.9 Å². The Morgan fingerprint density at radius 2 is 1.97 bits per heavy atom. The summed E-state index contributed by atoms with van der Waals surface area (Å²) in [5, 5.41) is 11.1. The van der Waals surface area contributed by atoms with E-state index in [1.165, 1.54) is 12.0 Å². The first kappa shape index (κ1) is 24.2. The lowest BCUT2D eigenvalue weighted by molar-refractivity contribution is -0.133. The van der Waals surface area contributed by atoms with Crippen LogP contribution in [0.1, 0.15) is 81.0 Å². The van der Waals surface area contributed by atoms with E-state index < -0.39 is 0 Å². The van der Waals surface area contributed by atoms with Gasteiger partial charge in [-0.1, -0.05) is 57.9 Å². The number of amides is 1. The zero-order valence-corrected chi connectivity index (χ0v) is 20.2. The summed E-state index contributed by atoms with van der Waals surface area (Å²) >= 11 is 0. The third-order valence-electron chi connectivity index (χ3n) is 6.96. The lowest BCUT2D eigenvalue weighted by Gasteiger charge is -2.34. The Labute approximate surface area is 193 Å². The van der Waals surface area contributed by atoms with Crippen LogP contribution in [0.25, 0.3) is 0 Å². The van der Waals surface area contributed by atoms with Crippen LogP contribution < -0.4 is 4.74 Å². The third-order valence-corrected chi connectivity index (χ3v) is 6.96. The lowest BCUT2D eigenvalue weighted by atomic mass is 9.81. The van der Waals surface area contributed by atoms with E-state index in [4.69, 9.17) is 4.74 Å². The molecule has 174 valence electrons. The molecule has 1 fully saturated rings. The third kappa shape index (κ3) is 5.46. The molecule has 3 rings (SSSR count). The molecular formula is C28H39NO3. The Kier molecular flexibility index (Phi) is 8.60. The molecule has 1 aliphatic heterocycles. The highest BCUT2D eigenvalue weighted by Crippen LogP contribution is 2.41. The molecule has 2 aromatic rings. The van der Waals surface area contributed by atoms with Crippen molar-refractivity contribution in [1.29, 1.82) is 0 Å². The first-order chi connectivity index (χ1) is 15.5. The van der Waals surface area contributed by atoms with Gasteiger partial charge in [0.05, 0.1) is 7.11 Å². The molecule has 0 aliphatic carbocycles. The van der Waals surface area contributed by atoms with Gasteiger partial charge in [0, 0.05) is 37.1 Å². The summed E-state index contributed by atoms with van der Waals surface area (Å²) in [6.07, 6.45) is 6.55. The number of hydrogen-bond acceptors (Lipinski definition) is 3. The van der Waals surface area contributed by atoms with Gasteiger partial charge < -0.3 is 14.7 Å². The van der Waals surface area contributed by atoms with Gasteiger partial charge in [-0.25, -0.2) is 0 Å². The SMILES string of the molecule is CCCc1ccccc1C(CC(=O)N1CCCC(CC)C1)c1c(O)cc(OC)cc1CC. The number of carbonyl (C=O) groups excluding carboxylic acids is 1. The van der Waals surface area contributed by atoms with Crippen LogP contribution in [0.4, 0.5) is 0 Å². The maximum atomic E-state index is 13.5. The molecule has 0 bridgehead atoms. The maximum absolute atomic E-state index is 13.5. The van der Waals surface area contributed by atoms with Crippen LogP contribution in [0.2, 0.25) is 0 Å². The van der Waals surface area contributed by atoms with Crippen molar-refractivity contribution in [2.75, 3.05) is 20.2 Å². The minimum atomic E-state index is -0.173. The highest BCUT2D eigenvalue weighted by molar-refractivity contribution is 5.78. The van der Waals surface area contributed by atoms with E-state index in [-0.39, 0.29) is 17.6 Å². The summed E-state index contributed by atoms with van der Waals surface area (Å²) < 4.78 is 5.41. The number of ether oxygens (including phenoxy) is 1. The van der Waals surface area contributed by atoms with Crippen LogP contribution in [0.3, 0.4) is 0 Å². The molecule has 0 radical (unpaired) electrons. The number of aryl methyl sites for hydroxylation is 2. The number of methoxy groups -OCH3 is 1. The topological polar surface area (TPSA) is 49.8 Å². The van der Waals surface area contributed by atoms with E-state index in [9.17, 15) is 9.90 Å². The van der Waals surface area contributed by atoms with Gasteiger partial charge in [0.2, 0.25) is 5.91 Å². The molecular weight excluding hydrogens is 398 g/mol. The van der Waals surface area contributed by atoms with Crippen molar-refractivity contribution in [2.45, 2.75) is 71.6 Å². The van der Waals surface area contributed by atoms with Crippen molar-refractivity contribution < 1.29 is 14.6 Å². The Balaban J connectivity index is 2.05. The number of nitrogens with zero attached hydrogens (tertiary/aromatic N) is 1. The molecule has 2 atom stereocenters. The molecule has 1 amide bonds. The average molecular weight is 438 g/mol. The number of piperidine rings is 1. The van der Waals surface area contributed by atoms with Crippen molar-refractivity contribution in [1.82, 2.24) is 4.90 Å². The van der Waals surface area contributed by atoms with Crippen LogP contribution in [-0.2, 0) is 17.6 Å². The maximum Gasteiger partial charge on any atom is 0.223 e. The molecule has 1 N–H and O–H groups in total. The normalized spacial score (nSPS) is 17.2. The summed E-state index contributed by atoms with van der Waals surface area (Å²) in [5.74, 6) is 1.48. The van der Waals surface area contributed by atoms with Gasteiger partial charge in [-0.05, 0) is 54.4 Å². The fraction of sp³-hybridized carbons (Fsp3) is 0.536. The van der Waals surface area contributed by atoms with Crippen molar-refractivity contribution in [3.8, 4) is 11.5 Å². The van der Waals surface area contributed by atoms with E-state index in [0.29, 0.717) is 18.1 Å². The van der Waals surface area contributed by atoms with Gasteiger partial charge in [-0.2, -0.15) is 0 Å². The van der Waals surface area contributed by atoms with Gasteiger partial charge >= 0.3 is 0 Å². The summed E-state index contributed by atoms with van der Waals surface area (Å²) in [6, 6.07) is 12.1. The van der Waals surface area contributed by atoms with Gasteiger partial charge in [0.15, 0.2) is 0 Å². The molecule has 2 unspecified atom stereocenters. The number of aromatic hydroxyl groups is 1. The van der Waals surface area contributed by atoms with Gasteiger partial charge in [-0.15, -0.1) is 0 Å². The smallest absolute Gasteiger partial charge is 0.223 e. The number of carbonyl (C=O) groups is 1. The average Bonchev–Trinajstić information content (AvgIpc) is 2.82. The van der Waals surface area contributed by atoms with Gasteiger partial charge in [0.1, 0.15) is 11.5 Å². The summed E-state index contributed by atoms with van der Waals surface area (Å²) in [6.45, 7) is 8.18. The fourth-order valence-electron chi connectivity index (χ4n) is 5.15. The van der Waals surface area contributed by atoms with Crippen LogP contribution in [0, 0.1) is 5.92 Å². The molecule has 0 aromatic heterocycles. The van der Waals surface area contributed by atoms with Crippen molar-refractivity contribution in [3.05, 3.63) is 58.7 Å². The molecule has 2 aromatic carbocycles. The quantitative estimate of drug-likeness (QED) is 0.517. The first-order valence-corrected chi connectivity index (χ1v) is 12.3. The van der Waals surface area contributed by atoms with Crippen LogP contribution >= 0.6 is 0 Å². The number of phenolic OH excluding ortho intramolecular Hbond substituents is 1. The van der Waals surface area contributed by atoms with E-state index in [1.54, 1.807) is 13.2 Å². The Bertz CT molecular complexity index is 908. The van der Waals surface area contributed by atoms with Crippen LogP contribution in [0.15, 0.2) is 36.4 Å². The molecule has 0 spiro atoms. The predicted molar refractivity (Wildman–Crippen MR) is 131 cm³/mol. The van der Waals surface area contributed by atoms with E-state index >= 15 is 0 Å². The molecule has 4 heteroatoms. The van der Waals surface area contributed by atoms with E-state index in [0.717, 1.165) is 61.9 Å². The molecule has 32 heavy (non-hydrogen) atoms. The van der Waals surface area contributed by atoms with E-state index in [1.807, 2.05) is 12.1 Å². The van der Waals surface area contributed by atoms with Crippen LogP contribution in [-0.4, -0.2) is 36.1 Å². The molecule has 1 saturated heterocycles. The van der Waals surface area contributed by atoms with Crippen molar-refractivity contribution >= 4 is 5.91 Å². The van der Waals surface area contributed by atoms with Gasteiger partial charge in [0.25, 0.3) is 0 Å². The second-order valence-corrected chi connectivity index (χ2v) is 9.03. The Hall–Kier alpha value is -2.49. The van der Waals surface area contributed by atoms with Crippen molar-refractivity contribution in [2.24, 2.45) is 5.92 Å². The van der Waals surface area contributed by atoms with Crippen molar-refractivity contribution in [3.63, 3.8) is 0 Å². The minimum Gasteiger partial charge on any atom is -0.507 e. The number of rotatable bonds is 9. The number of hydrogen-bond donors (Lipinski definition) is 1. The standard InChI is InChI=1S/C28H39NO3/c1-5-11-22-13-8-9-14-24(22)25(18-27(31)29-15-10-12-20(6-2)19-29)28-21(7-3)16-23(32-4)17-26(28)30/h8-9,13-14,16-17,20,25,30H,5-7,10-12,15,18-19H2,1-4H3. The molecule has 0 saturated carbocycles. The lowest BCUT2D eigenvalue weighted by Crippen LogP contribution is -2.40.